The first kappa shape index (κ1) is 18.2. The average molecular weight is 367 g/mol. The Balaban J connectivity index is 2.55. The SMILES string of the molecule is C=CCOC(=O)c1c(C)nc2c(c1-c1cc[nH+]cc1)c(=O)n(C)c(=O)n2C. The van der Waals surface area contributed by atoms with E-state index in [-0.39, 0.29) is 23.2 Å². The van der Waals surface area contributed by atoms with Gasteiger partial charge in [-0.1, -0.05) is 12.7 Å². The maximum Gasteiger partial charge on any atom is 0.340 e. The molecule has 8 heteroatoms. The van der Waals surface area contributed by atoms with Crippen LogP contribution in [-0.2, 0) is 18.8 Å². The number of pyridine rings is 2. The van der Waals surface area contributed by atoms with Crippen LogP contribution in [0.1, 0.15) is 16.1 Å². The first-order valence-corrected chi connectivity index (χ1v) is 8.23. The highest BCUT2D eigenvalue weighted by Gasteiger charge is 2.25. The summed E-state index contributed by atoms with van der Waals surface area (Å²) in [6.45, 7) is 5.21. The molecule has 3 heterocycles. The van der Waals surface area contributed by atoms with Crippen LogP contribution in [0, 0.1) is 6.92 Å². The third-order valence-corrected chi connectivity index (χ3v) is 4.31. The van der Waals surface area contributed by atoms with E-state index in [2.05, 4.69) is 16.5 Å². The fraction of sp³-hybridized carbons (Fsp3) is 0.211. The zero-order chi connectivity index (χ0) is 19.7. The molecule has 0 fully saturated rings. The number of aromatic amines is 1. The van der Waals surface area contributed by atoms with Crippen molar-refractivity contribution in [2.24, 2.45) is 14.1 Å². The number of carbonyl (C=O) groups excluding carboxylic acids is 1. The monoisotopic (exact) mass is 367 g/mol. The third kappa shape index (κ3) is 2.95. The normalized spacial score (nSPS) is 10.8. The zero-order valence-electron chi connectivity index (χ0n) is 15.3. The Labute approximate surface area is 154 Å². The quantitative estimate of drug-likeness (QED) is 0.501. The number of esters is 1. The number of hydrogen-bond acceptors (Lipinski definition) is 5. The van der Waals surface area contributed by atoms with Crippen LogP contribution in [-0.4, -0.2) is 26.7 Å². The highest BCUT2D eigenvalue weighted by atomic mass is 16.5. The molecule has 0 spiro atoms. The Kier molecular flexibility index (Phi) is 4.72. The van der Waals surface area contributed by atoms with Crippen LogP contribution < -0.4 is 16.2 Å². The van der Waals surface area contributed by atoms with Gasteiger partial charge in [0, 0.05) is 31.8 Å². The van der Waals surface area contributed by atoms with Gasteiger partial charge in [-0.2, -0.15) is 0 Å². The summed E-state index contributed by atoms with van der Waals surface area (Å²) in [5.74, 6) is -0.611. The van der Waals surface area contributed by atoms with E-state index in [0.717, 1.165) is 4.57 Å². The lowest BCUT2D eigenvalue weighted by Crippen LogP contribution is -2.38. The van der Waals surface area contributed by atoms with E-state index in [0.29, 0.717) is 16.8 Å². The maximum absolute atomic E-state index is 12.9. The maximum atomic E-state index is 12.9. The fourth-order valence-corrected chi connectivity index (χ4v) is 3.00. The number of H-pyrrole nitrogens is 1. The van der Waals surface area contributed by atoms with Gasteiger partial charge in [0.15, 0.2) is 12.4 Å². The Morgan fingerprint density at radius 3 is 2.56 bits per heavy atom. The van der Waals surface area contributed by atoms with Crippen LogP contribution in [0.15, 0.2) is 46.8 Å². The molecular formula is C19H19N4O4+. The predicted octanol–water partition coefficient (Wildman–Crippen LogP) is 0.765. The Morgan fingerprint density at radius 2 is 1.93 bits per heavy atom. The minimum Gasteiger partial charge on any atom is -0.458 e. The number of carbonyl (C=O) groups is 1. The number of hydrogen-bond donors (Lipinski definition) is 0. The standard InChI is InChI=1S/C19H18N4O4/c1-5-10-27-18(25)13-11(2)21-16-15(14(13)12-6-8-20-9-7-12)17(24)23(4)19(26)22(16)3/h5-9H,1,10H2,2-4H3/p+1. The summed E-state index contributed by atoms with van der Waals surface area (Å²) in [6.07, 6.45) is 4.83. The van der Waals surface area contributed by atoms with Crippen LogP contribution in [0.2, 0.25) is 0 Å². The summed E-state index contributed by atoms with van der Waals surface area (Å²) in [6, 6.07) is 3.48. The van der Waals surface area contributed by atoms with Crippen LogP contribution >= 0.6 is 0 Å². The lowest BCUT2D eigenvalue weighted by molar-refractivity contribution is -0.377. The van der Waals surface area contributed by atoms with Gasteiger partial charge >= 0.3 is 11.7 Å². The van der Waals surface area contributed by atoms with E-state index in [1.54, 1.807) is 31.5 Å². The highest BCUT2D eigenvalue weighted by Crippen LogP contribution is 2.30. The van der Waals surface area contributed by atoms with E-state index < -0.39 is 17.2 Å². The molecule has 0 radical (unpaired) electrons. The topological polar surface area (TPSA) is 97.3 Å². The van der Waals surface area contributed by atoms with Crippen molar-refractivity contribution in [2.45, 2.75) is 6.92 Å². The van der Waals surface area contributed by atoms with Crippen LogP contribution in [0.4, 0.5) is 0 Å². The van der Waals surface area contributed by atoms with Gasteiger partial charge in [0.25, 0.3) is 5.56 Å². The van der Waals surface area contributed by atoms with Gasteiger partial charge in [-0.3, -0.25) is 13.9 Å². The molecular weight excluding hydrogens is 348 g/mol. The molecule has 0 aliphatic carbocycles. The molecule has 0 amide bonds. The molecule has 8 nitrogen and oxygen atoms in total. The van der Waals surface area contributed by atoms with Gasteiger partial charge in [0.05, 0.1) is 16.6 Å². The number of aromatic nitrogens is 4. The van der Waals surface area contributed by atoms with Crippen molar-refractivity contribution >= 4 is 17.0 Å². The molecule has 0 aromatic carbocycles. The van der Waals surface area contributed by atoms with Crippen LogP contribution in [0.25, 0.3) is 22.2 Å². The van der Waals surface area contributed by atoms with E-state index >= 15 is 0 Å². The molecule has 138 valence electrons. The van der Waals surface area contributed by atoms with E-state index in [1.807, 2.05) is 0 Å². The minimum absolute atomic E-state index is 0.0314. The van der Waals surface area contributed by atoms with E-state index in [1.165, 1.54) is 24.7 Å². The number of nitrogens with one attached hydrogen (secondary N) is 1. The number of fused-ring (bicyclic) bond motifs is 1. The van der Waals surface area contributed by atoms with Gasteiger partial charge in [-0.05, 0) is 12.5 Å². The summed E-state index contributed by atoms with van der Waals surface area (Å²) < 4.78 is 7.50. The molecule has 3 rings (SSSR count). The van der Waals surface area contributed by atoms with Gasteiger partial charge < -0.3 is 4.74 Å². The second-order valence-electron chi connectivity index (χ2n) is 6.03. The van der Waals surface area contributed by atoms with E-state index in [9.17, 15) is 14.4 Å². The first-order chi connectivity index (χ1) is 12.9. The van der Waals surface area contributed by atoms with E-state index in [4.69, 9.17) is 4.74 Å². The Hall–Kier alpha value is -3.55. The summed E-state index contributed by atoms with van der Waals surface area (Å²) in [5, 5.41) is 0.182. The zero-order valence-corrected chi connectivity index (χ0v) is 15.3. The summed E-state index contributed by atoms with van der Waals surface area (Å²) in [7, 11) is 2.93. The molecule has 0 bridgehead atoms. The van der Waals surface area contributed by atoms with Gasteiger partial charge in [0.1, 0.15) is 12.3 Å². The van der Waals surface area contributed by atoms with Crippen molar-refractivity contribution in [3.63, 3.8) is 0 Å². The summed E-state index contributed by atoms with van der Waals surface area (Å²) in [4.78, 5) is 45.2. The molecule has 27 heavy (non-hydrogen) atoms. The molecule has 0 unspecified atom stereocenters. The molecule has 0 aliphatic rings. The molecule has 3 aromatic heterocycles. The van der Waals surface area contributed by atoms with Crippen molar-refractivity contribution in [1.82, 2.24) is 14.1 Å². The van der Waals surface area contributed by atoms with Crippen molar-refractivity contribution in [3.05, 3.63) is 69.3 Å². The summed E-state index contributed by atoms with van der Waals surface area (Å²) >= 11 is 0. The van der Waals surface area contributed by atoms with Crippen molar-refractivity contribution in [3.8, 4) is 11.1 Å². The predicted molar refractivity (Wildman–Crippen MR) is 99.4 cm³/mol. The third-order valence-electron chi connectivity index (χ3n) is 4.31. The largest absolute Gasteiger partial charge is 0.458 e. The first-order valence-electron chi connectivity index (χ1n) is 8.23. The number of aryl methyl sites for hydroxylation is 2. The summed E-state index contributed by atoms with van der Waals surface area (Å²) in [5.41, 5.74) is 0.759. The second kappa shape index (κ2) is 6.99. The number of nitrogens with zero attached hydrogens (tertiary/aromatic N) is 3. The van der Waals surface area contributed by atoms with Gasteiger partial charge in [-0.15, -0.1) is 0 Å². The van der Waals surface area contributed by atoms with Crippen molar-refractivity contribution in [1.29, 1.82) is 0 Å². The van der Waals surface area contributed by atoms with Gasteiger partial charge in [0.2, 0.25) is 0 Å². The number of rotatable bonds is 4. The van der Waals surface area contributed by atoms with Crippen molar-refractivity contribution < 1.29 is 14.5 Å². The second-order valence-corrected chi connectivity index (χ2v) is 6.03. The molecule has 0 atom stereocenters. The molecule has 3 aromatic rings. The number of ether oxygens (including phenoxy) is 1. The smallest absolute Gasteiger partial charge is 0.340 e. The lowest BCUT2D eigenvalue weighted by atomic mass is 9.96. The Bertz CT molecular complexity index is 1180. The molecule has 0 saturated carbocycles. The fourth-order valence-electron chi connectivity index (χ4n) is 3.00. The molecule has 0 aliphatic heterocycles. The molecule has 0 saturated heterocycles. The van der Waals surface area contributed by atoms with Crippen molar-refractivity contribution in [2.75, 3.05) is 6.61 Å². The van der Waals surface area contributed by atoms with Gasteiger partial charge in [-0.25, -0.2) is 19.6 Å². The highest BCUT2D eigenvalue weighted by molar-refractivity contribution is 6.06. The van der Waals surface area contributed by atoms with Crippen LogP contribution in [0.5, 0.6) is 0 Å². The van der Waals surface area contributed by atoms with Crippen LogP contribution in [0.3, 0.4) is 0 Å². The average Bonchev–Trinajstić information content (AvgIpc) is 2.68. The minimum atomic E-state index is -0.611. The Morgan fingerprint density at radius 1 is 1.26 bits per heavy atom. The molecule has 1 N–H and O–H groups in total. The lowest BCUT2D eigenvalue weighted by Gasteiger charge is -2.16.